The van der Waals surface area contributed by atoms with E-state index in [1.807, 2.05) is 24.3 Å². The van der Waals surface area contributed by atoms with Crippen LogP contribution in [0.25, 0.3) is 0 Å². The summed E-state index contributed by atoms with van der Waals surface area (Å²) < 4.78 is 0. The topological polar surface area (TPSA) is 32.3 Å². The summed E-state index contributed by atoms with van der Waals surface area (Å²) >= 11 is 5.81. The van der Waals surface area contributed by atoms with Crippen LogP contribution < -0.4 is 5.32 Å². The zero-order chi connectivity index (χ0) is 12.3. The van der Waals surface area contributed by atoms with Crippen LogP contribution in [0.1, 0.15) is 31.4 Å². The Bertz CT molecular complexity index is 348. The largest absolute Gasteiger partial charge is 0.387 e. The van der Waals surface area contributed by atoms with Gasteiger partial charge < -0.3 is 10.4 Å². The van der Waals surface area contributed by atoms with E-state index in [9.17, 15) is 5.11 Å². The first-order valence-corrected chi connectivity index (χ1v) is 6.69. The lowest BCUT2D eigenvalue weighted by Crippen LogP contribution is -2.27. The van der Waals surface area contributed by atoms with Crippen molar-refractivity contribution in [3.63, 3.8) is 0 Å². The molecule has 0 aliphatic heterocycles. The molecule has 0 bridgehead atoms. The molecule has 0 spiro atoms. The molecule has 2 atom stereocenters. The van der Waals surface area contributed by atoms with Gasteiger partial charge in [-0.2, -0.15) is 0 Å². The molecule has 0 radical (unpaired) electrons. The number of benzene rings is 1. The first kappa shape index (κ1) is 12.9. The highest BCUT2D eigenvalue weighted by Crippen LogP contribution is 2.36. The van der Waals surface area contributed by atoms with Gasteiger partial charge >= 0.3 is 0 Å². The minimum absolute atomic E-state index is 0.446. The molecule has 0 aromatic heterocycles. The third-order valence-electron chi connectivity index (χ3n) is 3.49. The normalized spacial score (nSPS) is 19.0. The maximum Gasteiger partial charge on any atom is 0.0914 e. The molecule has 0 saturated heterocycles. The second kappa shape index (κ2) is 5.85. The fourth-order valence-corrected chi connectivity index (χ4v) is 2.21. The van der Waals surface area contributed by atoms with E-state index in [0.717, 1.165) is 23.9 Å². The van der Waals surface area contributed by atoms with Crippen molar-refractivity contribution in [2.75, 3.05) is 13.1 Å². The van der Waals surface area contributed by atoms with Crippen LogP contribution in [0.3, 0.4) is 0 Å². The van der Waals surface area contributed by atoms with E-state index in [2.05, 4.69) is 12.2 Å². The Hall–Kier alpha value is -0.570. The monoisotopic (exact) mass is 253 g/mol. The molecule has 2 nitrogen and oxygen atoms in total. The second-order valence-corrected chi connectivity index (χ2v) is 5.48. The Morgan fingerprint density at radius 2 is 1.94 bits per heavy atom. The van der Waals surface area contributed by atoms with E-state index in [1.54, 1.807) is 0 Å². The van der Waals surface area contributed by atoms with Gasteiger partial charge in [0, 0.05) is 11.6 Å². The molecule has 17 heavy (non-hydrogen) atoms. The van der Waals surface area contributed by atoms with Crippen LogP contribution in [-0.2, 0) is 0 Å². The lowest BCUT2D eigenvalue weighted by Gasteiger charge is -2.15. The molecule has 1 saturated carbocycles. The number of aliphatic hydroxyl groups is 1. The summed E-state index contributed by atoms with van der Waals surface area (Å²) in [6.45, 7) is 3.88. The number of hydrogen-bond acceptors (Lipinski definition) is 2. The average molecular weight is 254 g/mol. The molecule has 1 aliphatic carbocycles. The number of hydrogen-bond donors (Lipinski definition) is 2. The molecule has 2 N–H and O–H groups in total. The summed E-state index contributed by atoms with van der Waals surface area (Å²) in [5, 5.41) is 14.0. The number of halogens is 1. The molecular weight excluding hydrogens is 234 g/mol. The first-order chi connectivity index (χ1) is 8.16. The minimum Gasteiger partial charge on any atom is -0.387 e. The lowest BCUT2D eigenvalue weighted by atomic mass is 10.1. The van der Waals surface area contributed by atoms with Gasteiger partial charge in [-0.15, -0.1) is 0 Å². The highest BCUT2D eigenvalue weighted by Gasteiger charge is 2.27. The average Bonchev–Trinajstić information content (AvgIpc) is 3.13. The van der Waals surface area contributed by atoms with E-state index >= 15 is 0 Å². The molecule has 1 aromatic carbocycles. The zero-order valence-corrected chi connectivity index (χ0v) is 11.0. The van der Waals surface area contributed by atoms with Crippen LogP contribution >= 0.6 is 11.6 Å². The van der Waals surface area contributed by atoms with E-state index in [4.69, 9.17) is 11.6 Å². The van der Waals surface area contributed by atoms with Gasteiger partial charge in [0.15, 0.2) is 0 Å². The molecule has 2 rings (SSSR count). The molecule has 1 aliphatic rings. The van der Waals surface area contributed by atoms with Gasteiger partial charge in [0.2, 0.25) is 0 Å². The van der Waals surface area contributed by atoms with Gasteiger partial charge in [-0.25, -0.2) is 0 Å². The number of aliphatic hydroxyl groups excluding tert-OH is 1. The van der Waals surface area contributed by atoms with E-state index in [1.165, 1.54) is 12.8 Å². The Kier molecular flexibility index (Phi) is 4.43. The number of nitrogens with one attached hydrogen (secondary N) is 1. The number of rotatable bonds is 6. The van der Waals surface area contributed by atoms with Crippen molar-refractivity contribution in [2.45, 2.75) is 25.9 Å². The van der Waals surface area contributed by atoms with Gasteiger partial charge in [0.1, 0.15) is 0 Å². The van der Waals surface area contributed by atoms with Crippen LogP contribution in [0.4, 0.5) is 0 Å². The predicted octanol–water partition coefficient (Wildman–Crippen LogP) is 3.01. The zero-order valence-electron chi connectivity index (χ0n) is 10.2. The first-order valence-electron chi connectivity index (χ1n) is 6.31. The van der Waals surface area contributed by atoms with Crippen molar-refractivity contribution in [1.29, 1.82) is 0 Å². The molecule has 1 fully saturated rings. The maximum absolute atomic E-state index is 9.97. The van der Waals surface area contributed by atoms with Crippen LogP contribution in [0, 0.1) is 11.8 Å². The molecular formula is C14H20ClNO. The third kappa shape index (κ3) is 3.98. The SMILES string of the molecule is CC(CNCC(O)c1ccc(Cl)cc1)C1CC1. The third-order valence-corrected chi connectivity index (χ3v) is 3.74. The quantitative estimate of drug-likeness (QED) is 0.817. The Labute approximate surface area is 108 Å². The van der Waals surface area contributed by atoms with E-state index in [-0.39, 0.29) is 0 Å². The summed E-state index contributed by atoms with van der Waals surface area (Å²) in [6, 6.07) is 7.37. The minimum atomic E-state index is -0.446. The fraction of sp³-hybridized carbons (Fsp3) is 0.571. The van der Waals surface area contributed by atoms with Gasteiger partial charge in [-0.3, -0.25) is 0 Å². The smallest absolute Gasteiger partial charge is 0.0914 e. The molecule has 2 unspecified atom stereocenters. The summed E-state index contributed by atoms with van der Waals surface area (Å²) in [5.74, 6) is 1.64. The molecule has 0 amide bonds. The lowest BCUT2D eigenvalue weighted by molar-refractivity contribution is 0.172. The highest BCUT2D eigenvalue weighted by atomic mass is 35.5. The van der Waals surface area contributed by atoms with Crippen molar-refractivity contribution in [3.8, 4) is 0 Å². The second-order valence-electron chi connectivity index (χ2n) is 5.04. The van der Waals surface area contributed by atoms with Crippen molar-refractivity contribution in [3.05, 3.63) is 34.9 Å². The molecule has 1 aromatic rings. The summed E-state index contributed by atoms with van der Waals surface area (Å²) in [6.07, 6.45) is 2.31. The van der Waals surface area contributed by atoms with Crippen LogP contribution in [0.5, 0.6) is 0 Å². The van der Waals surface area contributed by atoms with Gasteiger partial charge in [-0.05, 0) is 48.9 Å². The Balaban J connectivity index is 1.72. The maximum atomic E-state index is 9.97. The van der Waals surface area contributed by atoms with Crippen LogP contribution in [0.15, 0.2) is 24.3 Å². The van der Waals surface area contributed by atoms with Gasteiger partial charge in [0.05, 0.1) is 6.10 Å². The predicted molar refractivity (Wildman–Crippen MR) is 71.2 cm³/mol. The van der Waals surface area contributed by atoms with Crippen LogP contribution in [0.2, 0.25) is 5.02 Å². The summed E-state index contributed by atoms with van der Waals surface area (Å²) in [5.41, 5.74) is 0.918. The van der Waals surface area contributed by atoms with E-state index < -0.39 is 6.10 Å². The van der Waals surface area contributed by atoms with Crippen LogP contribution in [-0.4, -0.2) is 18.2 Å². The standard InChI is InChI=1S/C14H20ClNO/c1-10(11-2-3-11)8-16-9-14(17)12-4-6-13(15)7-5-12/h4-7,10-11,14,16-17H,2-3,8-9H2,1H3. The van der Waals surface area contributed by atoms with Crippen molar-refractivity contribution in [2.24, 2.45) is 11.8 Å². The molecule has 3 heteroatoms. The van der Waals surface area contributed by atoms with Crippen molar-refractivity contribution in [1.82, 2.24) is 5.32 Å². The summed E-state index contributed by atoms with van der Waals surface area (Å²) in [4.78, 5) is 0. The molecule has 0 heterocycles. The Morgan fingerprint density at radius 3 is 2.53 bits per heavy atom. The molecule has 94 valence electrons. The van der Waals surface area contributed by atoms with Gasteiger partial charge in [-0.1, -0.05) is 30.7 Å². The van der Waals surface area contributed by atoms with Crippen molar-refractivity contribution < 1.29 is 5.11 Å². The van der Waals surface area contributed by atoms with E-state index in [0.29, 0.717) is 11.6 Å². The highest BCUT2D eigenvalue weighted by molar-refractivity contribution is 6.30. The van der Waals surface area contributed by atoms with Gasteiger partial charge in [0.25, 0.3) is 0 Å². The Morgan fingerprint density at radius 1 is 1.29 bits per heavy atom. The fourth-order valence-electron chi connectivity index (χ4n) is 2.08. The summed E-state index contributed by atoms with van der Waals surface area (Å²) in [7, 11) is 0. The van der Waals surface area contributed by atoms with Crippen molar-refractivity contribution >= 4 is 11.6 Å².